The molecular formula is C18H20N2O2. The predicted octanol–water partition coefficient (Wildman–Crippen LogP) is 2.85. The van der Waals surface area contributed by atoms with E-state index in [1.54, 1.807) is 24.1 Å². The van der Waals surface area contributed by atoms with E-state index in [2.05, 4.69) is 32.0 Å². The number of ether oxygens (including phenoxy) is 1. The second kappa shape index (κ2) is 5.37. The van der Waals surface area contributed by atoms with Crippen LogP contribution in [0, 0.1) is 13.8 Å². The van der Waals surface area contributed by atoms with E-state index < -0.39 is 6.10 Å². The van der Waals surface area contributed by atoms with Crippen molar-refractivity contribution >= 4 is 17.3 Å². The highest BCUT2D eigenvalue weighted by Gasteiger charge is 2.32. The molecule has 0 spiro atoms. The molecule has 0 aromatic heterocycles. The van der Waals surface area contributed by atoms with Gasteiger partial charge in [-0.25, -0.2) is 0 Å². The van der Waals surface area contributed by atoms with Crippen molar-refractivity contribution in [2.45, 2.75) is 26.4 Å². The number of amides is 1. The molecule has 0 saturated heterocycles. The summed E-state index contributed by atoms with van der Waals surface area (Å²) in [6, 6.07) is 11.6. The number of benzene rings is 2. The molecule has 1 amide bonds. The first-order valence-electron chi connectivity index (χ1n) is 7.35. The van der Waals surface area contributed by atoms with Crippen LogP contribution < -0.4 is 15.4 Å². The van der Waals surface area contributed by atoms with Gasteiger partial charge in [-0.2, -0.15) is 0 Å². The minimum Gasteiger partial charge on any atom is -0.478 e. The Bertz CT molecular complexity index is 740. The Balaban J connectivity index is 1.91. The van der Waals surface area contributed by atoms with Crippen LogP contribution in [0.3, 0.4) is 0 Å². The molecule has 0 aliphatic carbocycles. The maximum absolute atomic E-state index is 12.6. The average Bonchev–Trinajstić information content (AvgIpc) is 2.49. The number of fused-ring (bicyclic) bond motifs is 1. The van der Waals surface area contributed by atoms with E-state index in [9.17, 15) is 4.79 Å². The van der Waals surface area contributed by atoms with Crippen molar-refractivity contribution in [3.8, 4) is 5.75 Å². The van der Waals surface area contributed by atoms with E-state index in [-0.39, 0.29) is 5.91 Å². The van der Waals surface area contributed by atoms with Gasteiger partial charge in [0.1, 0.15) is 5.75 Å². The van der Waals surface area contributed by atoms with Crippen LogP contribution in [0.25, 0.3) is 0 Å². The lowest BCUT2D eigenvalue weighted by atomic mass is 9.98. The molecule has 114 valence electrons. The lowest BCUT2D eigenvalue weighted by Crippen LogP contribution is -2.45. The van der Waals surface area contributed by atoms with Crippen LogP contribution in [0.2, 0.25) is 0 Å². The first-order valence-corrected chi connectivity index (χ1v) is 7.35. The highest BCUT2D eigenvalue weighted by molar-refractivity contribution is 6.00. The van der Waals surface area contributed by atoms with Gasteiger partial charge in [-0.15, -0.1) is 0 Å². The number of rotatable bonds is 2. The SMILES string of the molecule is Cc1ccc(C)c(CC2Oc3ccc(N)cc3N(C)C2=O)c1. The number of hydrogen-bond acceptors (Lipinski definition) is 3. The van der Waals surface area contributed by atoms with E-state index in [0.717, 1.165) is 11.3 Å². The second-order valence-corrected chi connectivity index (χ2v) is 5.86. The Kier molecular flexibility index (Phi) is 3.53. The van der Waals surface area contributed by atoms with Crippen LogP contribution in [0.1, 0.15) is 16.7 Å². The van der Waals surface area contributed by atoms with Crippen molar-refractivity contribution in [3.05, 3.63) is 53.1 Å². The zero-order valence-electron chi connectivity index (χ0n) is 13.1. The van der Waals surface area contributed by atoms with Crippen LogP contribution in [0.5, 0.6) is 5.75 Å². The summed E-state index contributed by atoms with van der Waals surface area (Å²) in [5, 5.41) is 0. The molecule has 2 N–H and O–H groups in total. The third kappa shape index (κ3) is 2.52. The zero-order valence-corrected chi connectivity index (χ0v) is 13.1. The van der Waals surface area contributed by atoms with Crippen molar-refractivity contribution in [3.63, 3.8) is 0 Å². The van der Waals surface area contributed by atoms with Crippen molar-refractivity contribution in [1.29, 1.82) is 0 Å². The quantitative estimate of drug-likeness (QED) is 0.867. The van der Waals surface area contributed by atoms with Crippen LogP contribution in [-0.2, 0) is 11.2 Å². The molecule has 0 saturated carbocycles. The molecule has 1 atom stereocenters. The summed E-state index contributed by atoms with van der Waals surface area (Å²) < 4.78 is 5.92. The Morgan fingerprint density at radius 3 is 2.73 bits per heavy atom. The molecule has 2 aromatic carbocycles. The summed E-state index contributed by atoms with van der Waals surface area (Å²) in [6.45, 7) is 4.11. The molecule has 1 aliphatic rings. The lowest BCUT2D eigenvalue weighted by molar-refractivity contribution is -0.125. The molecule has 0 radical (unpaired) electrons. The number of likely N-dealkylation sites (N-methyl/N-ethyl adjacent to an activating group) is 1. The third-order valence-electron chi connectivity index (χ3n) is 4.13. The molecule has 3 rings (SSSR count). The van der Waals surface area contributed by atoms with E-state index in [0.29, 0.717) is 17.9 Å². The number of nitrogen functional groups attached to an aromatic ring is 1. The first-order chi connectivity index (χ1) is 10.5. The predicted molar refractivity (Wildman–Crippen MR) is 88.3 cm³/mol. The number of carbonyl (C=O) groups is 1. The summed E-state index contributed by atoms with van der Waals surface area (Å²) >= 11 is 0. The minimum atomic E-state index is -0.498. The van der Waals surface area contributed by atoms with Gasteiger partial charge in [-0.05, 0) is 43.2 Å². The molecule has 0 fully saturated rings. The number of carbonyl (C=O) groups excluding carboxylic acids is 1. The standard InChI is InChI=1S/C18H20N2O2/c1-11-4-5-12(2)13(8-11)9-17-18(21)20(3)15-10-14(19)6-7-16(15)22-17/h4-8,10,17H,9,19H2,1-3H3. The molecule has 2 aromatic rings. The van der Waals surface area contributed by atoms with Crippen molar-refractivity contribution in [1.82, 2.24) is 0 Å². The molecule has 1 heterocycles. The van der Waals surface area contributed by atoms with Crippen LogP contribution >= 0.6 is 0 Å². The summed E-state index contributed by atoms with van der Waals surface area (Å²) in [5.74, 6) is 0.658. The molecule has 4 heteroatoms. The van der Waals surface area contributed by atoms with Crippen molar-refractivity contribution in [2.24, 2.45) is 0 Å². The number of hydrogen-bond donors (Lipinski definition) is 1. The van der Waals surface area contributed by atoms with Gasteiger partial charge in [0.15, 0.2) is 6.10 Å². The van der Waals surface area contributed by atoms with E-state index in [4.69, 9.17) is 10.5 Å². The van der Waals surface area contributed by atoms with Crippen molar-refractivity contribution < 1.29 is 9.53 Å². The Morgan fingerprint density at radius 1 is 1.18 bits per heavy atom. The van der Waals surface area contributed by atoms with E-state index >= 15 is 0 Å². The molecular weight excluding hydrogens is 276 g/mol. The normalized spacial score (nSPS) is 17.1. The number of nitrogens with zero attached hydrogens (tertiary/aromatic N) is 1. The summed E-state index contributed by atoms with van der Waals surface area (Å²) in [7, 11) is 1.76. The summed E-state index contributed by atoms with van der Waals surface area (Å²) in [4.78, 5) is 14.2. The van der Waals surface area contributed by atoms with Gasteiger partial charge in [0.05, 0.1) is 5.69 Å². The maximum atomic E-state index is 12.6. The van der Waals surface area contributed by atoms with E-state index in [1.807, 2.05) is 6.07 Å². The van der Waals surface area contributed by atoms with Crippen LogP contribution in [0.15, 0.2) is 36.4 Å². The van der Waals surface area contributed by atoms with Gasteiger partial charge in [-0.3, -0.25) is 4.79 Å². The van der Waals surface area contributed by atoms with Gasteiger partial charge >= 0.3 is 0 Å². The summed E-state index contributed by atoms with van der Waals surface area (Å²) in [5.41, 5.74) is 10.6. The zero-order chi connectivity index (χ0) is 15.9. The summed E-state index contributed by atoms with van der Waals surface area (Å²) in [6.07, 6.45) is 0.0714. The van der Waals surface area contributed by atoms with E-state index in [1.165, 1.54) is 11.1 Å². The minimum absolute atomic E-state index is 0.0426. The topological polar surface area (TPSA) is 55.6 Å². The van der Waals surface area contributed by atoms with Gasteiger partial charge in [0, 0.05) is 19.2 Å². The highest BCUT2D eigenvalue weighted by Crippen LogP contribution is 2.35. The maximum Gasteiger partial charge on any atom is 0.268 e. The van der Waals surface area contributed by atoms with Gasteiger partial charge in [-0.1, -0.05) is 23.8 Å². The third-order valence-corrected chi connectivity index (χ3v) is 4.13. The lowest BCUT2D eigenvalue weighted by Gasteiger charge is -2.32. The second-order valence-electron chi connectivity index (χ2n) is 5.86. The number of anilines is 2. The van der Waals surface area contributed by atoms with Gasteiger partial charge in [0.2, 0.25) is 0 Å². The smallest absolute Gasteiger partial charge is 0.268 e. The molecule has 0 bridgehead atoms. The number of aryl methyl sites for hydroxylation is 2. The first kappa shape index (κ1) is 14.4. The van der Waals surface area contributed by atoms with Gasteiger partial charge in [0.25, 0.3) is 5.91 Å². The Hall–Kier alpha value is -2.49. The van der Waals surface area contributed by atoms with Gasteiger partial charge < -0.3 is 15.4 Å². The van der Waals surface area contributed by atoms with Crippen LogP contribution in [0.4, 0.5) is 11.4 Å². The molecule has 22 heavy (non-hydrogen) atoms. The average molecular weight is 296 g/mol. The monoisotopic (exact) mass is 296 g/mol. The van der Waals surface area contributed by atoms with Crippen LogP contribution in [-0.4, -0.2) is 19.1 Å². The molecule has 4 nitrogen and oxygen atoms in total. The van der Waals surface area contributed by atoms with Crippen molar-refractivity contribution in [2.75, 3.05) is 17.7 Å². The largest absolute Gasteiger partial charge is 0.478 e. The Labute approximate surface area is 130 Å². The fourth-order valence-electron chi connectivity index (χ4n) is 2.78. The molecule has 1 unspecified atom stereocenters. The fraction of sp³-hybridized carbons (Fsp3) is 0.278. The Morgan fingerprint density at radius 2 is 1.95 bits per heavy atom. The number of nitrogens with two attached hydrogens (primary N) is 1. The highest BCUT2D eigenvalue weighted by atomic mass is 16.5. The fourth-order valence-corrected chi connectivity index (χ4v) is 2.78. The molecule has 1 aliphatic heterocycles.